The maximum atomic E-state index is 11.7. The number of hydrogen-bond acceptors (Lipinski definition) is 4. The summed E-state index contributed by atoms with van der Waals surface area (Å²) in [7, 11) is 0. The summed E-state index contributed by atoms with van der Waals surface area (Å²) in [5, 5.41) is 7.13. The smallest absolute Gasteiger partial charge is 0.257 e. The predicted octanol–water partition coefficient (Wildman–Crippen LogP) is 1.32. The SMILES string of the molecule is O=C(NN=CC1=Cc2ccccc2OC1)C1CCCN1. The molecule has 0 saturated carbocycles. The average molecular weight is 271 g/mol. The van der Waals surface area contributed by atoms with Gasteiger partial charge in [-0.25, -0.2) is 5.43 Å². The highest BCUT2D eigenvalue weighted by atomic mass is 16.5. The van der Waals surface area contributed by atoms with Gasteiger partial charge in [-0.2, -0.15) is 5.10 Å². The Labute approximate surface area is 117 Å². The van der Waals surface area contributed by atoms with Gasteiger partial charge >= 0.3 is 0 Å². The van der Waals surface area contributed by atoms with E-state index < -0.39 is 0 Å². The maximum Gasteiger partial charge on any atom is 0.257 e. The van der Waals surface area contributed by atoms with Crippen LogP contribution in [0.1, 0.15) is 18.4 Å². The van der Waals surface area contributed by atoms with Gasteiger partial charge in [-0.3, -0.25) is 4.79 Å². The molecular formula is C15H17N3O2. The maximum absolute atomic E-state index is 11.7. The summed E-state index contributed by atoms with van der Waals surface area (Å²) < 4.78 is 5.61. The molecule has 1 aromatic rings. The molecule has 2 heterocycles. The second kappa shape index (κ2) is 5.88. The Balaban J connectivity index is 1.59. The highest BCUT2D eigenvalue weighted by Crippen LogP contribution is 2.24. The fourth-order valence-electron chi connectivity index (χ4n) is 2.37. The Hall–Kier alpha value is -2.14. The molecule has 0 spiro atoms. The van der Waals surface area contributed by atoms with Crippen molar-refractivity contribution >= 4 is 18.2 Å². The van der Waals surface area contributed by atoms with Crippen molar-refractivity contribution in [2.45, 2.75) is 18.9 Å². The molecule has 1 aromatic carbocycles. The summed E-state index contributed by atoms with van der Waals surface area (Å²) in [5.41, 5.74) is 4.53. The number of fused-ring (bicyclic) bond motifs is 1. The third-order valence-corrected chi connectivity index (χ3v) is 3.44. The van der Waals surface area contributed by atoms with E-state index in [2.05, 4.69) is 15.8 Å². The molecule has 2 aliphatic rings. The lowest BCUT2D eigenvalue weighted by atomic mass is 10.1. The quantitative estimate of drug-likeness (QED) is 0.644. The van der Waals surface area contributed by atoms with Crippen LogP contribution in [0.4, 0.5) is 0 Å². The number of benzene rings is 1. The van der Waals surface area contributed by atoms with E-state index in [-0.39, 0.29) is 11.9 Å². The van der Waals surface area contributed by atoms with Crippen molar-refractivity contribution in [3.8, 4) is 5.75 Å². The van der Waals surface area contributed by atoms with Crippen LogP contribution in [0.2, 0.25) is 0 Å². The number of carbonyl (C=O) groups excluding carboxylic acids is 1. The summed E-state index contributed by atoms with van der Waals surface area (Å²) in [6, 6.07) is 7.73. The number of rotatable bonds is 3. The van der Waals surface area contributed by atoms with Crippen molar-refractivity contribution in [2.24, 2.45) is 5.10 Å². The summed E-state index contributed by atoms with van der Waals surface area (Å²) in [6.07, 6.45) is 5.57. The molecular weight excluding hydrogens is 254 g/mol. The summed E-state index contributed by atoms with van der Waals surface area (Å²) in [6.45, 7) is 1.37. The Bertz CT molecular complexity index is 560. The van der Waals surface area contributed by atoms with Crippen LogP contribution in [0.25, 0.3) is 6.08 Å². The molecule has 1 fully saturated rings. The normalized spacial score (nSPS) is 21.2. The lowest BCUT2D eigenvalue weighted by Crippen LogP contribution is -2.38. The number of carbonyl (C=O) groups is 1. The van der Waals surface area contributed by atoms with E-state index >= 15 is 0 Å². The van der Waals surface area contributed by atoms with E-state index in [0.29, 0.717) is 6.61 Å². The first kappa shape index (κ1) is 12.9. The van der Waals surface area contributed by atoms with Gasteiger partial charge in [0.15, 0.2) is 0 Å². The molecule has 0 aliphatic carbocycles. The van der Waals surface area contributed by atoms with Crippen molar-refractivity contribution < 1.29 is 9.53 Å². The van der Waals surface area contributed by atoms with Crippen molar-refractivity contribution in [2.75, 3.05) is 13.2 Å². The zero-order valence-corrected chi connectivity index (χ0v) is 11.1. The molecule has 20 heavy (non-hydrogen) atoms. The summed E-state index contributed by atoms with van der Waals surface area (Å²) in [5.74, 6) is 0.806. The molecule has 2 N–H and O–H groups in total. The Morgan fingerprint density at radius 2 is 2.35 bits per heavy atom. The number of ether oxygens (including phenoxy) is 1. The summed E-state index contributed by atoms with van der Waals surface area (Å²) in [4.78, 5) is 11.7. The van der Waals surface area contributed by atoms with E-state index in [1.54, 1.807) is 6.21 Å². The lowest BCUT2D eigenvalue weighted by molar-refractivity contribution is -0.122. The zero-order valence-electron chi connectivity index (χ0n) is 11.1. The third kappa shape index (κ3) is 2.88. The standard InChI is InChI=1S/C15H17N3O2/c19-15(13-5-3-7-16-13)18-17-9-11-8-12-4-1-2-6-14(12)20-10-11/h1-2,4,6,8-9,13,16H,3,5,7,10H2,(H,18,19). The van der Waals surface area contributed by atoms with Crippen LogP contribution < -0.4 is 15.5 Å². The van der Waals surface area contributed by atoms with Crippen LogP contribution in [0.15, 0.2) is 34.9 Å². The average Bonchev–Trinajstić information content (AvgIpc) is 3.01. The minimum absolute atomic E-state index is 0.0727. The molecule has 104 valence electrons. The van der Waals surface area contributed by atoms with Crippen LogP contribution in [0, 0.1) is 0 Å². The van der Waals surface area contributed by atoms with E-state index in [1.165, 1.54) is 0 Å². The molecule has 2 aliphatic heterocycles. The largest absolute Gasteiger partial charge is 0.488 e. The zero-order chi connectivity index (χ0) is 13.8. The molecule has 3 rings (SSSR count). The van der Waals surface area contributed by atoms with E-state index in [9.17, 15) is 4.79 Å². The topological polar surface area (TPSA) is 62.7 Å². The van der Waals surface area contributed by atoms with E-state index in [4.69, 9.17) is 4.74 Å². The van der Waals surface area contributed by atoms with E-state index in [0.717, 1.165) is 36.3 Å². The number of nitrogens with one attached hydrogen (secondary N) is 2. The van der Waals surface area contributed by atoms with E-state index in [1.807, 2.05) is 30.3 Å². The number of hydrazone groups is 1. The van der Waals surface area contributed by atoms with Crippen molar-refractivity contribution in [3.05, 3.63) is 35.4 Å². The van der Waals surface area contributed by atoms with Crippen molar-refractivity contribution in [1.82, 2.24) is 10.7 Å². The van der Waals surface area contributed by atoms with Crippen molar-refractivity contribution in [1.29, 1.82) is 0 Å². The predicted molar refractivity (Wildman–Crippen MR) is 77.6 cm³/mol. The monoisotopic (exact) mass is 271 g/mol. The first-order chi connectivity index (χ1) is 9.83. The molecule has 5 heteroatoms. The van der Waals surface area contributed by atoms with Crippen LogP contribution in [-0.4, -0.2) is 31.3 Å². The van der Waals surface area contributed by atoms with Crippen LogP contribution in [-0.2, 0) is 4.79 Å². The molecule has 1 unspecified atom stereocenters. The number of para-hydroxylation sites is 1. The van der Waals surface area contributed by atoms with Crippen LogP contribution in [0.3, 0.4) is 0 Å². The third-order valence-electron chi connectivity index (χ3n) is 3.44. The summed E-state index contributed by atoms with van der Waals surface area (Å²) >= 11 is 0. The number of nitrogens with zero attached hydrogens (tertiary/aromatic N) is 1. The fourth-order valence-corrected chi connectivity index (χ4v) is 2.37. The lowest BCUT2D eigenvalue weighted by Gasteiger charge is -2.15. The molecule has 0 aromatic heterocycles. The second-order valence-corrected chi connectivity index (χ2v) is 4.93. The van der Waals surface area contributed by atoms with Gasteiger partial charge in [-0.1, -0.05) is 18.2 Å². The molecule has 5 nitrogen and oxygen atoms in total. The van der Waals surface area contributed by atoms with Gasteiger partial charge in [-0.05, 0) is 31.5 Å². The van der Waals surface area contributed by atoms with Gasteiger partial charge in [0, 0.05) is 11.1 Å². The molecule has 1 atom stereocenters. The number of amides is 1. The highest BCUT2D eigenvalue weighted by Gasteiger charge is 2.21. The minimum Gasteiger partial charge on any atom is -0.488 e. The Kier molecular flexibility index (Phi) is 3.78. The van der Waals surface area contributed by atoms with Gasteiger partial charge < -0.3 is 10.1 Å². The van der Waals surface area contributed by atoms with Gasteiger partial charge in [0.25, 0.3) is 5.91 Å². The Morgan fingerprint density at radius 3 is 3.20 bits per heavy atom. The first-order valence-corrected chi connectivity index (χ1v) is 6.81. The van der Waals surface area contributed by atoms with Gasteiger partial charge in [0.2, 0.25) is 0 Å². The number of hydrogen-bond donors (Lipinski definition) is 2. The van der Waals surface area contributed by atoms with Gasteiger partial charge in [-0.15, -0.1) is 0 Å². The van der Waals surface area contributed by atoms with Crippen molar-refractivity contribution in [3.63, 3.8) is 0 Å². The first-order valence-electron chi connectivity index (χ1n) is 6.81. The highest BCUT2D eigenvalue weighted by molar-refractivity contribution is 5.89. The molecule has 0 bridgehead atoms. The molecule has 0 radical (unpaired) electrons. The van der Waals surface area contributed by atoms with Gasteiger partial charge in [0.1, 0.15) is 12.4 Å². The molecule has 1 saturated heterocycles. The van der Waals surface area contributed by atoms with Crippen LogP contribution >= 0.6 is 0 Å². The van der Waals surface area contributed by atoms with Crippen LogP contribution in [0.5, 0.6) is 5.75 Å². The fraction of sp³-hybridized carbons (Fsp3) is 0.333. The van der Waals surface area contributed by atoms with Gasteiger partial charge in [0.05, 0.1) is 12.3 Å². The second-order valence-electron chi connectivity index (χ2n) is 4.93. The Morgan fingerprint density at radius 1 is 1.45 bits per heavy atom. The minimum atomic E-state index is -0.107. The molecule has 1 amide bonds.